The van der Waals surface area contributed by atoms with Crippen LogP contribution in [0.3, 0.4) is 0 Å². The first-order valence-electron chi connectivity index (χ1n) is 5.17. The minimum absolute atomic E-state index is 0.117. The second-order valence-corrected chi connectivity index (χ2v) is 3.96. The van der Waals surface area contributed by atoms with Gasteiger partial charge in [0, 0.05) is 6.07 Å². The molecule has 0 saturated heterocycles. The van der Waals surface area contributed by atoms with E-state index in [1.54, 1.807) is 0 Å². The third kappa shape index (κ3) is 2.68. The van der Waals surface area contributed by atoms with Gasteiger partial charge in [0.2, 0.25) is 0 Å². The van der Waals surface area contributed by atoms with Crippen molar-refractivity contribution in [2.45, 2.75) is 18.9 Å². The Morgan fingerprint density at radius 3 is 2.71 bits per heavy atom. The van der Waals surface area contributed by atoms with Crippen LogP contribution in [0.5, 0.6) is 0 Å². The summed E-state index contributed by atoms with van der Waals surface area (Å²) in [7, 11) is 0. The summed E-state index contributed by atoms with van der Waals surface area (Å²) in [6, 6.07) is 2.04. The number of aliphatic carboxylic acids is 1. The summed E-state index contributed by atoms with van der Waals surface area (Å²) >= 11 is 0. The van der Waals surface area contributed by atoms with Crippen molar-refractivity contribution in [2.24, 2.45) is 5.92 Å². The van der Waals surface area contributed by atoms with Crippen molar-refractivity contribution in [2.75, 3.05) is 5.32 Å². The molecule has 17 heavy (non-hydrogen) atoms. The Bertz CT molecular complexity index is 441. The van der Waals surface area contributed by atoms with Crippen molar-refractivity contribution in [3.8, 4) is 0 Å². The molecule has 7 heteroatoms. The van der Waals surface area contributed by atoms with E-state index in [0.29, 0.717) is 5.82 Å². The van der Waals surface area contributed by atoms with Crippen LogP contribution in [0.1, 0.15) is 12.8 Å². The van der Waals surface area contributed by atoms with E-state index < -0.39 is 16.9 Å². The number of anilines is 1. The zero-order valence-electron chi connectivity index (χ0n) is 8.87. The summed E-state index contributed by atoms with van der Waals surface area (Å²) in [6.45, 7) is 0. The van der Waals surface area contributed by atoms with Gasteiger partial charge in [-0.05, 0) is 24.8 Å². The Labute approximate surface area is 96.6 Å². The minimum Gasteiger partial charge on any atom is -0.480 e. The first kappa shape index (κ1) is 11.3. The quantitative estimate of drug-likeness (QED) is 0.590. The molecule has 0 spiro atoms. The minimum atomic E-state index is -0.923. The summed E-state index contributed by atoms with van der Waals surface area (Å²) in [5, 5.41) is 22.2. The van der Waals surface area contributed by atoms with Crippen LogP contribution < -0.4 is 5.32 Å². The van der Waals surface area contributed by atoms with E-state index in [0.717, 1.165) is 19.0 Å². The van der Waals surface area contributed by atoms with Crippen LogP contribution in [0.2, 0.25) is 0 Å². The lowest BCUT2D eigenvalue weighted by molar-refractivity contribution is -0.385. The number of pyridine rings is 1. The molecule has 1 heterocycles. The lowest BCUT2D eigenvalue weighted by Gasteiger charge is -2.13. The standard InChI is InChI=1S/C10H11N3O4/c14-10(15)9(6-1-2-6)12-8-4-3-7(5-11-8)13(16)17/h3-6,9H,1-2H2,(H,11,12)(H,14,15). The molecule has 2 N–H and O–H groups in total. The Morgan fingerprint density at radius 2 is 2.29 bits per heavy atom. The predicted octanol–water partition coefficient (Wildman–Crippen LogP) is 1.26. The van der Waals surface area contributed by atoms with Crippen molar-refractivity contribution in [1.29, 1.82) is 0 Å². The highest BCUT2D eigenvalue weighted by Crippen LogP contribution is 2.34. The lowest BCUT2D eigenvalue weighted by Crippen LogP contribution is -2.31. The maximum Gasteiger partial charge on any atom is 0.326 e. The molecule has 0 aliphatic heterocycles. The number of carboxylic acid groups (broad SMARTS) is 1. The Kier molecular flexibility index (Phi) is 2.90. The fourth-order valence-electron chi connectivity index (χ4n) is 1.55. The summed E-state index contributed by atoms with van der Waals surface area (Å²) in [6.07, 6.45) is 2.88. The molecule has 1 aromatic rings. The number of hydrogen-bond acceptors (Lipinski definition) is 5. The van der Waals surface area contributed by atoms with Crippen LogP contribution in [0.4, 0.5) is 11.5 Å². The molecule has 1 saturated carbocycles. The van der Waals surface area contributed by atoms with E-state index in [4.69, 9.17) is 5.11 Å². The number of carbonyl (C=O) groups is 1. The summed E-state index contributed by atoms with van der Waals surface area (Å²) in [4.78, 5) is 24.6. The van der Waals surface area contributed by atoms with E-state index >= 15 is 0 Å². The molecule has 0 aromatic carbocycles. The molecule has 90 valence electrons. The van der Waals surface area contributed by atoms with Gasteiger partial charge in [-0.2, -0.15) is 0 Å². The second kappa shape index (κ2) is 4.36. The number of carboxylic acids is 1. The van der Waals surface area contributed by atoms with Gasteiger partial charge in [0.25, 0.3) is 5.69 Å². The molecule has 0 bridgehead atoms. The molecule has 0 amide bonds. The topological polar surface area (TPSA) is 105 Å². The Hall–Kier alpha value is -2.18. The number of aromatic nitrogens is 1. The molecule has 7 nitrogen and oxygen atoms in total. The van der Waals surface area contributed by atoms with E-state index in [2.05, 4.69) is 10.3 Å². The molecule has 1 fully saturated rings. The molecule has 1 unspecified atom stereocenters. The van der Waals surface area contributed by atoms with Crippen molar-refractivity contribution >= 4 is 17.5 Å². The molecule has 1 atom stereocenters. The zero-order valence-corrected chi connectivity index (χ0v) is 8.87. The largest absolute Gasteiger partial charge is 0.480 e. The molecule has 1 aliphatic rings. The van der Waals surface area contributed by atoms with Gasteiger partial charge in [-0.3, -0.25) is 10.1 Å². The maximum absolute atomic E-state index is 11.0. The van der Waals surface area contributed by atoms with Crippen molar-refractivity contribution < 1.29 is 14.8 Å². The first-order valence-corrected chi connectivity index (χ1v) is 5.17. The lowest BCUT2D eigenvalue weighted by atomic mass is 10.2. The fraction of sp³-hybridized carbons (Fsp3) is 0.400. The van der Waals surface area contributed by atoms with Crippen LogP contribution in [0.15, 0.2) is 18.3 Å². The monoisotopic (exact) mass is 237 g/mol. The van der Waals surface area contributed by atoms with E-state index in [9.17, 15) is 14.9 Å². The highest BCUT2D eigenvalue weighted by molar-refractivity contribution is 5.77. The number of nitrogens with zero attached hydrogens (tertiary/aromatic N) is 2. The van der Waals surface area contributed by atoms with Crippen LogP contribution in [0, 0.1) is 16.0 Å². The smallest absolute Gasteiger partial charge is 0.326 e. The second-order valence-electron chi connectivity index (χ2n) is 3.96. The van der Waals surface area contributed by atoms with Gasteiger partial charge in [-0.25, -0.2) is 9.78 Å². The summed E-state index contributed by atoms with van der Waals surface area (Å²) in [5.74, 6) is -0.452. The molecule has 1 aliphatic carbocycles. The summed E-state index contributed by atoms with van der Waals surface area (Å²) in [5.41, 5.74) is -0.117. The van der Waals surface area contributed by atoms with Gasteiger partial charge in [-0.1, -0.05) is 0 Å². The van der Waals surface area contributed by atoms with Crippen LogP contribution in [-0.2, 0) is 4.79 Å². The zero-order chi connectivity index (χ0) is 12.4. The predicted molar refractivity (Wildman–Crippen MR) is 58.7 cm³/mol. The van der Waals surface area contributed by atoms with Crippen LogP contribution in [-0.4, -0.2) is 27.0 Å². The van der Waals surface area contributed by atoms with Gasteiger partial charge >= 0.3 is 5.97 Å². The number of nitro groups is 1. The van der Waals surface area contributed by atoms with Crippen molar-refractivity contribution in [3.63, 3.8) is 0 Å². The molecular weight excluding hydrogens is 226 g/mol. The Balaban J connectivity index is 2.07. The fourth-order valence-corrected chi connectivity index (χ4v) is 1.55. The van der Waals surface area contributed by atoms with Gasteiger partial charge in [0.1, 0.15) is 18.1 Å². The normalized spacial score (nSPS) is 16.2. The molecular formula is C10H11N3O4. The number of rotatable bonds is 5. The first-order chi connectivity index (χ1) is 8.08. The van der Waals surface area contributed by atoms with Crippen molar-refractivity contribution in [3.05, 3.63) is 28.4 Å². The third-order valence-corrected chi connectivity index (χ3v) is 2.62. The van der Waals surface area contributed by atoms with Gasteiger partial charge < -0.3 is 10.4 Å². The highest BCUT2D eigenvalue weighted by Gasteiger charge is 2.36. The van der Waals surface area contributed by atoms with Crippen LogP contribution >= 0.6 is 0 Å². The third-order valence-electron chi connectivity index (χ3n) is 2.62. The highest BCUT2D eigenvalue weighted by atomic mass is 16.6. The maximum atomic E-state index is 11.0. The number of hydrogen-bond donors (Lipinski definition) is 2. The molecule has 2 rings (SSSR count). The molecule has 0 radical (unpaired) electrons. The van der Waals surface area contributed by atoms with E-state index in [1.807, 2.05) is 0 Å². The summed E-state index contributed by atoms with van der Waals surface area (Å²) < 4.78 is 0. The average molecular weight is 237 g/mol. The average Bonchev–Trinajstić information content (AvgIpc) is 3.10. The van der Waals surface area contributed by atoms with Crippen LogP contribution in [0.25, 0.3) is 0 Å². The molecule has 1 aromatic heterocycles. The van der Waals surface area contributed by atoms with E-state index in [-0.39, 0.29) is 11.6 Å². The van der Waals surface area contributed by atoms with Gasteiger partial charge in [0.05, 0.1) is 4.92 Å². The Morgan fingerprint density at radius 1 is 1.59 bits per heavy atom. The van der Waals surface area contributed by atoms with Gasteiger partial charge in [0.15, 0.2) is 0 Å². The SMILES string of the molecule is O=C(O)C(Nc1ccc([N+](=O)[O-])cn1)C1CC1. The van der Waals surface area contributed by atoms with Crippen molar-refractivity contribution in [1.82, 2.24) is 4.98 Å². The van der Waals surface area contributed by atoms with Gasteiger partial charge in [-0.15, -0.1) is 0 Å². The number of nitrogens with one attached hydrogen (secondary N) is 1. The van der Waals surface area contributed by atoms with E-state index in [1.165, 1.54) is 12.1 Å².